The van der Waals surface area contributed by atoms with E-state index in [0.717, 1.165) is 6.54 Å². The predicted molar refractivity (Wildman–Crippen MR) is 109 cm³/mol. The number of benzene rings is 2. The summed E-state index contributed by atoms with van der Waals surface area (Å²) < 4.78 is 6.40. The van der Waals surface area contributed by atoms with Gasteiger partial charge in [0.15, 0.2) is 0 Å². The van der Waals surface area contributed by atoms with Crippen molar-refractivity contribution < 1.29 is 24.4 Å². The average Bonchev–Trinajstić information content (AvgIpc) is 2.73. The molecule has 0 saturated carbocycles. The molecule has 2 rings (SSSR count). The maximum Gasteiger partial charge on any atom is 0.269 e. The number of rotatable bonds is 12. The van der Waals surface area contributed by atoms with E-state index in [9.17, 15) is 20.3 Å². The summed E-state index contributed by atoms with van der Waals surface area (Å²) in [7, 11) is 0. The summed E-state index contributed by atoms with van der Waals surface area (Å²) in [6.07, 6.45) is 0. The van der Waals surface area contributed by atoms with Crippen LogP contribution in [-0.4, -0.2) is 65.6 Å². The van der Waals surface area contributed by atoms with E-state index < -0.39 is 4.92 Å². The van der Waals surface area contributed by atoms with Crippen LogP contribution in [0.2, 0.25) is 0 Å². The van der Waals surface area contributed by atoms with Gasteiger partial charge in [0.05, 0.1) is 36.1 Å². The molecule has 0 aliphatic carbocycles. The van der Waals surface area contributed by atoms with Gasteiger partial charge in [0.1, 0.15) is 32.0 Å². The molecular weight excluding hydrogens is 376 g/mol. The first-order valence-electron chi connectivity index (χ1n) is 9.48. The van der Waals surface area contributed by atoms with E-state index >= 15 is 0 Å². The summed E-state index contributed by atoms with van der Waals surface area (Å²) in [5, 5.41) is 37.4. The number of azo groups is 1. The number of nitro groups is 1. The fraction of sp³-hybridized carbons (Fsp3) is 0.400. The van der Waals surface area contributed by atoms with Gasteiger partial charge in [-0.2, -0.15) is 10.2 Å². The van der Waals surface area contributed by atoms with Gasteiger partial charge in [-0.3, -0.25) is 10.1 Å². The summed E-state index contributed by atoms with van der Waals surface area (Å²) in [6.45, 7) is 5.33. The van der Waals surface area contributed by atoms with Crippen molar-refractivity contribution in [2.45, 2.75) is 6.92 Å². The number of likely N-dealkylation sites (N-methyl/N-ethyl adjacent to an activating group) is 1. The summed E-state index contributed by atoms with van der Waals surface area (Å²) in [6, 6.07) is 13.0. The Balaban J connectivity index is 1.90. The van der Waals surface area contributed by atoms with E-state index in [-0.39, 0.29) is 18.9 Å². The first-order valence-corrected chi connectivity index (χ1v) is 9.48. The molecule has 0 amide bonds. The van der Waals surface area contributed by atoms with Crippen LogP contribution in [0.1, 0.15) is 6.92 Å². The maximum absolute atomic E-state index is 10.7. The Morgan fingerprint density at radius 3 is 1.90 bits per heavy atom. The van der Waals surface area contributed by atoms with Gasteiger partial charge in [0, 0.05) is 12.1 Å². The van der Waals surface area contributed by atoms with Crippen molar-refractivity contribution in [3.8, 4) is 5.75 Å². The Bertz CT molecular complexity index is 788. The lowest BCUT2D eigenvalue weighted by atomic mass is 10.3. The van der Waals surface area contributed by atoms with Crippen LogP contribution in [0.3, 0.4) is 0 Å². The van der Waals surface area contributed by atoms with Gasteiger partial charge in [0.25, 0.3) is 5.69 Å². The maximum atomic E-state index is 10.7. The van der Waals surface area contributed by atoms with Gasteiger partial charge < -0.3 is 19.4 Å². The van der Waals surface area contributed by atoms with Crippen LogP contribution >= 0.6 is 0 Å². The van der Waals surface area contributed by atoms with Crippen LogP contribution in [0.25, 0.3) is 0 Å². The van der Waals surface area contributed by atoms with Gasteiger partial charge in [-0.1, -0.05) is 0 Å². The largest absolute Gasteiger partial charge is 0.488 e. The van der Waals surface area contributed by atoms with Crippen molar-refractivity contribution in [2.24, 2.45) is 10.2 Å². The van der Waals surface area contributed by atoms with Crippen molar-refractivity contribution in [3.63, 3.8) is 0 Å². The number of hydrogen-bond donors (Lipinski definition) is 2. The van der Waals surface area contributed by atoms with E-state index in [2.05, 4.69) is 10.2 Å². The van der Waals surface area contributed by atoms with Crippen molar-refractivity contribution in [2.75, 3.05) is 46.0 Å². The van der Waals surface area contributed by atoms with E-state index in [1.165, 1.54) is 24.3 Å². The molecule has 2 aromatic rings. The third-order valence-electron chi connectivity index (χ3n) is 4.83. The number of aliphatic hydroxyl groups excluding tert-OH is 2. The average molecular weight is 403 g/mol. The minimum Gasteiger partial charge on any atom is -0.488 e. The van der Waals surface area contributed by atoms with Crippen molar-refractivity contribution in [1.82, 2.24) is 0 Å². The number of nitro benzene ring substituents is 1. The van der Waals surface area contributed by atoms with Gasteiger partial charge in [-0.25, -0.2) is 0 Å². The lowest BCUT2D eigenvalue weighted by molar-refractivity contribution is -0.927. The van der Waals surface area contributed by atoms with Crippen molar-refractivity contribution in [3.05, 3.63) is 58.6 Å². The molecule has 0 aromatic heterocycles. The Kier molecular flexibility index (Phi) is 8.66. The number of non-ortho nitro benzene ring substituents is 1. The molecule has 0 heterocycles. The van der Waals surface area contributed by atoms with Gasteiger partial charge in [0.2, 0.25) is 0 Å². The monoisotopic (exact) mass is 403 g/mol. The van der Waals surface area contributed by atoms with E-state index in [4.69, 9.17) is 4.74 Å². The zero-order chi connectivity index (χ0) is 21.1. The standard InChI is InChI=1S/C20H27N4O5/c1-2-24(11-14-25,12-15-26)13-16-29-20-9-5-18(6-10-20)22-21-17-3-7-19(8-4-17)23(27)28/h3-10,25-26H,2,11-16H2,1H3/q+1. The molecule has 2 N–H and O–H groups in total. The van der Waals surface area contributed by atoms with Crippen LogP contribution in [0.15, 0.2) is 58.8 Å². The molecule has 0 aliphatic rings. The Morgan fingerprint density at radius 2 is 1.45 bits per heavy atom. The van der Waals surface area contributed by atoms with Crippen molar-refractivity contribution >= 4 is 17.1 Å². The molecule has 0 radical (unpaired) electrons. The molecule has 9 heteroatoms. The van der Waals surface area contributed by atoms with Gasteiger partial charge in [-0.05, 0) is 43.3 Å². The summed E-state index contributed by atoms with van der Waals surface area (Å²) in [5.74, 6) is 0.696. The molecule has 2 aromatic carbocycles. The highest BCUT2D eigenvalue weighted by Gasteiger charge is 2.24. The smallest absolute Gasteiger partial charge is 0.269 e. The predicted octanol–water partition coefficient (Wildman–Crippen LogP) is 3.21. The van der Waals surface area contributed by atoms with Crippen LogP contribution in [0.4, 0.5) is 17.1 Å². The molecular formula is C20H27N4O5+. The summed E-state index contributed by atoms with van der Waals surface area (Å²) in [5.41, 5.74) is 1.17. The summed E-state index contributed by atoms with van der Waals surface area (Å²) in [4.78, 5) is 10.2. The molecule has 29 heavy (non-hydrogen) atoms. The summed E-state index contributed by atoms with van der Waals surface area (Å²) >= 11 is 0. The minimum absolute atomic E-state index is 0.00847. The lowest BCUT2D eigenvalue weighted by Gasteiger charge is -2.36. The number of ether oxygens (including phenoxy) is 1. The van der Waals surface area contributed by atoms with Crippen molar-refractivity contribution in [1.29, 1.82) is 0 Å². The molecule has 0 atom stereocenters. The molecule has 156 valence electrons. The second kappa shape index (κ2) is 11.2. The molecule has 0 saturated heterocycles. The van der Waals surface area contributed by atoms with Gasteiger partial charge in [-0.15, -0.1) is 0 Å². The van der Waals surface area contributed by atoms with Crippen LogP contribution in [0.5, 0.6) is 5.75 Å². The molecule has 0 fully saturated rings. The second-order valence-electron chi connectivity index (χ2n) is 6.59. The first-order chi connectivity index (χ1) is 14.0. The van der Waals surface area contributed by atoms with Crippen LogP contribution in [-0.2, 0) is 0 Å². The number of aliphatic hydroxyl groups is 2. The third kappa shape index (κ3) is 6.90. The number of nitrogens with zero attached hydrogens (tertiary/aromatic N) is 4. The molecule has 0 spiro atoms. The number of hydrogen-bond acceptors (Lipinski definition) is 7. The highest BCUT2D eigenvalue weighted by molar-refractivity contribution is 5.45. The topological polar surface area (TPSA) is 118 Å². The normalized spacial score (nSPS) is 11.7. The molecule has 0 unspecified atom stereocenters. The fourth-order valence-electron chi connectivity index (χ4n) is 2.96. The Hall–Kier alpha value is -2.88. The second-order valence-corrected chi connectivity index (χ2v) is 6.59. The zero-order valence-corrected chi connectivity index (χ0v) is 16.5. The molecule has 0 aliphatic heterocycles. The van der Waals surface area contributed by atoms with Gasteiger partial charge >= 0.3 is 0 Å². The quantitative estimate of drug-likeness (QED) is 0.244. The number of quaternary nitrogens is 1. The third-order valence-corrected chi connectivity index (χ3v) is 4.83. The first kappa shape index (κ1) is 22.4. The van der Waals surface area contributed by atoms with E-state index in [1.807, 2.05) is 6.92 Å². The Labute approximate surface area is 169 Å². The van der Waals surface area contributed by atoms with Crippen LogP contribution in [0, 0.1) is 10.1 Å². The SMILES string of the molecule is CC[N+](CCO)(CCO)CCOc1ccc(N=Nc2ccc([N+](=O)[O-])cc2)cc1. The molecule has 9 nitrogen and oxygen atoms in total. The van der Waals surface area contributed by atoms with Crippen LogP contribution < -0.4 is 4.74 Å². The zero-order valence-electron chi connectivity index (χ0n) is 16.5. The lowest BCUT2D eigenvalue weighted by Crippen LogP contribution is -2.53. The van der Waals surface area contributed by atoms with E-state index in [0.29, 0.717) is 47.8 Å². The highest BCUT2D eigenvalue weighted by Crippen LogP contribution is 2.23. The minimum atomic E-state index is -0.462. The van der Waals surface area contributed by atoms with E-state index in [1.54, 1.807) is 24.3 Å². The molecule has 0 bridgehead atoms. The highest BCUT2D eigenvalue weighted by atomic mass is 16.6. The fourth-order valence-corrected chi connectivity index (χ4v) is 2.96. The Morgan fingerprint density at radius 1 is 0.931 bits per heavy atom.